The summed E-state index contributed by atoms with van der Waals surface area (Å²) in [6, 6.07) is 17.2. The number of hydrogen-bond donors (Lipinski definition) is 0. The topological polar surface area (TPSA) is 0 Å². The van der Waals surface area contributed by atoms with Gasteiger partial charge in [0.25, 0.3) is 0 Å². The second-order valence-electron chi connectivity index (χ2n) is 8.15. The first-order chi connectivity index (χ1) is 15.3. The number of thioether (sulfide) groups is 1. The summed E-state index contributed by atoms with van der Waals surface area (Å²) in [7, 11) is 0. The van der Waals surface area contributed by atoms with Crippen molar-refractivity contribution in [1.29, 1.82) is 0 Å². The molecule has 0 heterocycles. The van der Waals surface area contributed by atoms with Crippen molar-refractivity contribution in [2.75, 3.05) is 5.75 Å². The maximum absolute atomic E-state index is 3.16. The molecular weight excluding hydrogens is 392 g/mol. The van der Waals surface area contributed by atoms with E-state index in [-0.39, 0.29) is 0 Å². The summed E-state index contributed by atoms with van der Waals surface area (Å²) in [5, 5.41) is 0. The number of unbranched alkanes of at least 4 members (excludes halogenated alkanes) is 8. The summed E-state index contributed by atoms with van der Waals surface area (Å²) in [4.78, 5) is 1.33. The summed E-state index contributed by atoms with van der Waals surface area (Å²) >= 11 is 1.94. The molecule has 0 N–H and O–H groups in total. The van der Waals surface area contributed by atoms with E-state index in [1.54, 1.807) is 0 Å². The summed E-state index contributed by atoms with van der Waals surface area (Å²) in [6.07, 6.45) is 14.5. The van der Waals surface area contributed by atoms with Crippen molar-refractivity contribution < 1.29 is 0 Å². The molecule has 0 aliphatic carbocycles. The standard InChI is InChI=1S/C30H38S/c1-3-5-7-9-10-11-15-27-18-20-28(21-19-27)16-12-13-17-29-22-24-30(25-23-29)31-26-14-8-6-4-2/h18-25H,3-11,14-15,26H2,1-2H3. The number of rotatable bonds is 13. The normalized spacial score (nSPS) is 10.1. The Kier molecular flexibility index (Phi) is 13.5. The maximum atomic E-state index is 3.16. The largest absolute Gasteiger partial charge is 0.126 e. The molecule has 164 valence electrons. The van der Waals surface area contributed by atoms with E-state index in [9.17, 15) is 0 Å². The van der Waals surface area contributed by atoms with Crippen LogP contribution in [0.25, 0.3) is 0 Å². The Morgan fingerprint density at radius 2 is 1.10 bits per heavy atom. The fourth-order valence-corrected chi connectivity index (χ4v) is 4.34. The Bertz CT molecular complexity index is 838. The second kappa shape index (κ2) is 16.6. The third-order valence-corrected chi connectivity index (χ3v) is 6.47. The minimum atomic E-state index is 1.03. The molecule has 0 aromatic heterocycles. The first-order valence-electron chi connectivity index (χ1n) is 12.2. The van der Waals surface area contributed by atoms with Crippen LogP contribution in [0.15, 0.2) is 53.4 Å². The fraction of sp³-hybridized carbons (Fsp3) is 0.467. The lowest BCUT2D eigenvalue weighted by molar-refractivity contribution is 0.607. The highest BCUT2D eigenvalue weighted by molar-refractivity contribution is 7.99. The van der Waals surface area contributed by atoms with Gasteiger partial charge in [0.1, 0.15) is 0 Å². The molecule has 0 atom stereocenters. The first kappa shape index (κ1) is 25.2. The van der Waals surface area contributed by atoms with Crippen LogP contribution in [-0.4, -0.2) is 5.75 Å². The van der Waals surface area contributed by atoms with Gasteiger partial charge in [0.2, 0.25) is 0 Å². The fourth-order valence-electron chi connectivity index (χ4n) is 3.42. The number of benzene rings is 2. The van der Waals surface area contributed by atoms with E-state index >= 15 is 0 Å². The van der Waals surface area contributed by atoms with Crippen LogP contribution >= 0.6 is 11.8 Å². The van der Waals surface area contributed by atoms with Crippen LogP contribution in [0.3, 0.4) is 0 Å². The molecule has 0 amide bonds. The molecule has 0 aliphatic rings. The summed E-state index contributed by atoms with van der Waals surface area (Å²) in [5.41, 5.74) is 3.48. The van der Waals surface area contributed by atoms with Gasteiger partial charge in [-0.05, 0) is 78.8 Å². The third-order valence-electron chi connectivity index (χ3n) is 5.37. The van der Waals surface area contributed by atoms with E-state index in [1.165, 1.54) is 86.8 Å². The molecule has 2 rings (SSSR count). The van der Waals surface area contributed by atoms with E-state index in [0.717, 1.165) is 11.1 Å². The molecule has 0 radical (unpaired) electrons. The minimum absolute atomic E-state index is 1.03. The zero-order valence-electron chi connectivity index (χ0n) is 19.5. The molecule has 31 heavy (non-hydrogen) atoms. The van der Waals surface area contributed by atoms with E-state index in [4.69, 9.17) is 0 Å². The van der Waals surface area contributed by atoms with Crippen molar-refractivity contribution in [2.24, 2.45) is 0 Å². The van der Waals surface area contributed by atoms with Crippen molar-refractivity contribution in [3.63, 3.8) is 0 Å². The van der Waals surface area contributed by atoms with Gasteiger partial charge in [0.15, 0.2) is 0 Å². The zero-order valence-corrected chi connectivity index (χ0v) is 20.3. The Balaban J connectivity index is 1.72. The monoisotopic (exact) mass is 430 g/mol. The van der Waals surface area contributed by atoms with Crippen LogP contribution in [-0.2, 0) is 6.42 Å². The Labute approximate surface area is 195 Å². The lowest BCUT2D eigenvalue weighted by Crippen LogP contribution is -1.86. The minimum Gasteiger partial charge on any atom is -0.126 e. The van der Waals surface area contributed by atoms with Crippen molar-refractivity contribution in [3.8, 4) is 23.7 Å². The van der Waals surface area contributed by atoms with Gasteiger partial charge in [-0.2, -0.15) is 0 Å². The van der Waals surface area contributed by atoms with Gasteiger partial charge in [-0.1, -0.05) is 89.2 Å². The Morgan fingerprint density at radius 3 is 1.71 bits per heavy atom. The lowest BCUT2D eigenvalue weighted by Gasteiger charge is -2.02. The van der Waals surface area contributed by atoms with Crippen LogP contribution in [0.1, 0.15) is 94.7 Å². The smallest absolute Gasteiger partial charge is 0.0256 e. The summed E-state index contributed by atoms with van der Waals surface area (Å²) in [6.45, 7) is 4.52. The predicted octanol–water partition coefficient (Wildman–Crippen LogP) is 8.67. The van der Waals surface area contributed by atoms with Crippen molar-refractivity contribution in [1.82, 2.24) is 0 Å². The Hall–Kier alpha value is -2.09. The lowest BCUT2D eigenvalue weighted by atomic mass is 10.0. The van der Waals surface area contributed by atoms with Gasteiger partial charge in [0.05, 0.1) is 0 Å². The van der Waals surface area contributed by atoms with E-state index in [2.05, 4.69) is 86.1 Å². The van der Waals surface area contributed by atoms with Crippen molar-refractivity contribution >= 4 is 11.8 Å². The predicted molar refractivity (Wildman–Crippen MR) is 139 cm³/mol. The maximum Gasteiger partial charge on any atom is 0.0256 e. The molecule has 2 aromatic rings. The van der Waals surface area contributed by atoms with Gasteiger partial charge < -0.3 is 0 Å². The Morgan fingerprint density at radius 1 is 0.581 bits per heavy atom. The van der Waals surface area contributed by atoms with Crippen LogP contribution < -0.4 is 0 Å². The highest BCUT2D eigenvalue weighted by atomic mass is 32.2. The molecule has 0 saturated heterocycles. The van der Waals surface area contributed by atoms with Crippen molar-refractivity contribution in [2.45, 2.75) is 89.4 Å². The molecular formula is C30H38S. The SMILES string of the molecule is CCCCCCCCc1ccc(C#CC#Cc2ccc(SCCCCCC)cc2)cc1. The average molecular weight is 431 g/mol. The quantitative estimate of drug-likeness (QED) is 0.174. The second-order valence-corrected chi connectivity index (χ2v) is 9.32. The van der Waals surface area contributed by atoms with Crippen LogP contribution in [0.4, 0.5) is 0 Å². The van der Waals surface area contributed by atoms with Crippen LogP contribution in [0.2, 0.25) is 0 Å². The molecule has 0 spiro atoms. The third kappa shape index (κ3) is 11.8. The van der Waals surface area contributed by atoms with Crippen LogP contribution in [0.5, 0.6) is 0 Å². The molecule has 0 fully saturated rings. The molecule has 0 nitrogen and oxygen atoms in total. The van der Waals surface area contributed by atoms with E-state index in [0.29, 0.717) is 0 Å². The first-order valence-corrected chi connectivity index (χ1v) is 13.1. The number of aryl methyl sites for hydroxylation is 1. The van der Waals surface area contributed by atoms with E-state index < -0.39 is 0 Å². The van der Waals surface area contributed by atoms with Gasteiger partial charge >= 0.3 is 0 Å². The number of hydrogen-bond acceptors (Lipinski definition) is 1. The highest BCUT2D eigenvalue weighted by Gasteiger charge is 1.96. The van der Waals surface area contributed by atoms with Gasteiger partial charge in [-0.3, -0.25) is 0 Å². The molecule has 0 saturated carbocycles. The van der Waals surface area contributed by atoms with E-state index in [1.807, 2.05) is 11.8 Å². The molecule has 0 unspecified atom stereocenters. The summed E-state index contributed by atoms with van der Waals surface area (Å²) < 4.78 is 0. The molecule has 2 aromatic carbocycles. The van der Waals surface area contributed by atoms with Crippen LogP contribution in [0, 0.1) is 23.7 Å². The molecule has 0 aliphatic heterocycles. The molecule has 0 bridgehead atoms. The van der Waals surface area contributed by atoms with Gasteiger partial charge in [0, 0.05) is 16.0 Å². The summed E-state index contributed by atoms with van der Waals surface area (Å²) in [5.74, 6) is 13.5. The van der Waals surface area contributed by atoms with Gasteiger partial charge in [-0.15, -0.1) is 11.8 Å². The average Bonchev–Trinajstić information content (AvgIpc) is 2.81. The highest BCUT2D eigenvalue weighted by Crippen LogP contribution is 2.20. The molecule has 1 heteroatoms. The van der Waals surface area contributed by atoms with Gasteiger partial charge in [-0.25, -0.2) is 0 Å². The zero-order chi connectivity index (χ0) is 22.0. The van der Waals surface area contributed by atoms with Crippen molar-refractivity contribution in [3.05, 3.63) is 65.2 Å².